The first-order valence-electron chi connectivity index (χ1n) is 9.94. The van der Waals surface area contributed by atoms with Gasteiger partial charge < -0.3 is 24.8 Å². The maximum absolute atomic E-state index is 12.8. The minimum atomic E-state index is -4.40. The van der Waals surface area contributed by atoms with E-state index in [2.05, 4.69) is 0 Å². The normalized spacial score (nSPS) is 25.9. The van der Waals surface area contributed by atoms with E-state index in [1.165, 1.54) is 12.1 Å². The van der Waals surface area contributed by atoms with Gasteiger partial charge in [-0.25, -0.2) is 0 Å². The molecule has 9 heteroatoms. The van der Waals surface area contributed by atoms with Crippen LogP contribution in [0.5, 0.6) is 5.75 Å². The molecule has 3 N–H and O–H groups in total. The van der Waals surface area contributed by atoms with Gasteiger partial charge >= 0.3 is 6.18 Å². The third-order valence-electron chi connectivity index (χ3n) is 5.78. The lowest BCUT2D eigenvalue weighted by molar-refractivity contribution is -0.181. The van der Waals surface area contributed by atoms with Gasteiger partial charge in [0.05, 0.1) is 36.0 Å². The second kappa shape index (κ2) is 8.60. The second-order valence-electron chi connectivity index (χ2n) is 7.86. The lowest BCUT2D eigenvalue weighted by Gasteiger charge is -2.37. The standard InChI is InChI=1S/C22H22ClF3O5/c23-19-12(7-11-1-3-13(4-2-11)22(24,25)26)8-15(21-14(19)5-6-30-21)17-9-16(28)20(29)18(10-27)31-17/h1-4,8,16-18,20,27-29H,5-7,9-10H2/t16?,17?,18?,20-/m0/s1. The molecular weight excluding hydrogens is 437 g/mol. The summed E-state index contributed by atoms with van der Waals surface area (Å²) in [5, 5.41) is 30.2. The monoisotopic (exact) mass is 458 g/mol. The summed E-state index contributed by atoms with van der Waals surface area (Å²) in [6, 6.07) is 6.68. The molecule has 0 spiro atoms. The molecule has 2 aromatic carbocycles. The molecular formula is C22H22ClF3O5. The van der Waals surface area contributed by atoms with Crippen LogP contribution in [0.2, 0.25) is 5.02 Å². The van der Waals surface area contributed by atoms with Crippen LogP contribution in [0, 0.1) is 0 Å². The van der Waals surface area contributed by atoms with Gasteiger partial charge in [-0.1, -0.05) is 23.7 Å². The van der Waals surface area contributed by atoms with Crippen molar-refractivity contribution in [1.82, 2.24) is 0 Å². The van der Waals surface area contributed by atoms with Gasteiger partial charge in [0.2, 0.25) is 0 Å². The Labute approximate surface area is 182 Å². The first-order chi connectivity index (χ1) is 14.7. The summed E-state index contributed by atoms with van der Waals surface area (Å²) in [6.07, 6.45) is -7.28. The molecule has 0 amide bonds. The Balaban J connectivity index is 1.67. The highest BCUT2D eigenvalue weighted by Crippen LogP contribution is 2.45. The van der Waals surface area contributed by atoms with E-state index in [9.17, 15) is 28.5 Å². The molecule has 0 aromatic heterocycles. The fourth-order valence-electron chi connectivity index (χ4n) is 4.14. The number of rotatable bonds is 4. The smallest absolute Gasteiger partial charge is 0.416 e. The van der Waals surface area contributed by atoms with Crippen molar-refractivity contribution in [2.45, 2.75) is 49.9 Å². The van der Waals surface area contributed by atoms with Gasteiger partial charge in [0, 0.05) is 24.0 Å². The molecule has 2 heterocycles. The molecule has 0 radical (unpaired) electrons. The SMILES string of the molecule is OCC1OC(c2cc(Cc3ccc(C(F)(F)F)cc3)c(Cl)c3c2OCC3)CC(O)[C@@H]1O. The minimum absolute atomic E-state index is 0.106. The number of aliphatic hydroxyl groups excluding tert-OH is 3. The average Bonchev–Trinajstić information content (AvgIpc) is 3.22. The number of fused-ring (bicyclic) bond motifs is 1. The van der Waals surface area contributed by atoms with Gasteiger partial charge in [-0.15, -0.1) is 0 Å². The van der Waals surface area contributed by atoms with Crippen LogP contribution in [0.1, 0.15) is 40.3 Å². The number of ether oxygens (including phenoxy) is 2. The van der Waals surface area contributed by atoms with Gasteiger partial charge in [-0.05, 0) is 35.7 Å². The molecule has 4 rings (SSSR count). The zero-order valence-corrected chi connectivity index (χ0v) is 17.2. The van der Waals surface area contributed by atoms with E-state index in [-0.39, 0.29) is 6.42 Å². The zero-order chi connectivity index (χ0) is 22.3. The van der Waals surface area contributed by atoms with Crippen LogP contribution in [-0.4, -0.2) is 46.8 Å². The number of aliphatic hydroxyl groups is 3. The Morgan fingerprint density at radius 1 is 1.13 bits per heavy atom. The van der Waals surface area contributed by atoms with Crippen molar-refractivity contribution in [2.24, 2.45) is 0 Å². The molecule has 31 heavy (non-hydrogen) atoms. The first kappa shape index (κ1) is 22.4. The van der Waals surface area contributed by atoms with Crippen molar-refractivity contribution >= 4 is 11.6 Å². The first-order valence-corrected chi connectivity index (χ1v) is 10.3. The van der Waals surface area contributed by atoms with E-state index in [0.717, 1.165) is 17.7 Å². The fourth-order valence-corrected chi connectivity index (χ4v) is 4.44. The Kier molecular flexibility index (Phi) is 6.20. The van der Waals surface area contributed by atoms with Gasteiger partial charge in [0.25, 0.3) is 0 Å². The highest BCUT2D eigenvalue weighted by atomic mass is 35.5. The Morgan fingerprint density at radius 3 is 2.48 bits per heavy atom. The summed E-state index contributed by atoms with van der Waals surface area (Å²) >= 11 is 6.60. The summed E-state index contributed by atoms with van der Waals surface area (Å²) in [5.74, 6) is 0.562. The van der Waals surface area contributed by atoms with Crippen LogP contribution in [0.4, 0.5) is 13.2 Å². The van der Waals surface area contributed by atoms with Gasteiger partial charge in [0.15, 0.2) is 0 Å². The number of benzene rings is 2. The van der Waals surface area contributed by atoms with Crippen molar-refractivity contribution < 1.29 is 38.0 Å². The molecule has 2 aliphatic rings. The molecule has 3 unspecified atom stereocenters. The van der Waals surface area contributed by atoms with Gasteiger partial charge in [-0.2, -0.15) is 13.2 Å². The second-order valence-corrected chi connectivity index (χ2v) is 8.23. The molecule has 2 aliphatic heterocycles. The lowest BCUT2D eigenvalue weighted by Crippen LogP contribution is -2.47. The van der Waals surface area contributed by atoms with Crippen molar-refractivity contribution in [3.63, 3.8) is 0 Å². The van der Waals surface area contributed by atoms with E-state index >= 15 is 0 Å². The summed E-state index contributed by atoms with van der Waals surface area (Å²) in [5.41, 5.74) is 2.07. The number of halogens is 4. The van der Waals surface area contributed by atoms with Gasteiger partial charge in [0.1, 0.15) is 18.0 Å². The molecule has 0 aliphatic carbocycles. The number of hydrogen-bond donors (Lipinski definition) is 3. The van der Waals surface area contributed by atoms with E-state index in [0.29, 0.717) is 46.9 Å². The summed E-state index contributed by atoms with van der Waals surface area (Å²) in [7, 11) is 0. The molecule has 0 bridgehead atoms. The predicted molar refractivity (Wildman–Crippen MR) is 106 cm³/mol. The Bertz CT molecular complexity index is 948. The summed E-state index contributed by atoms with van der Waals surface area (Å²) < 4.78 is 50.1. The van der Waals surface area contributed by atoms with Gasteiger partial charge in [-0.3, -0.25) is 0 Å². The minimum Gasteiger partial charge on any atom is -0.493 e. The van der Waals surface area contributed by atoms with E-state index in [1.807, 2.05) is 0 Å². The maximum Gasteiger partial charge on any atom is 0.416 e. The molecule has 0 saturated carbocycles. The number of alkyl halides is 3. The Hall–Kier alpha value is -1.84. The topological polar surface area (TPSA) is 79.2 Å². The van der Waals surface area contributed by atoms with Crippen LogP contribution in [0.25, 0.3) is 0 Å². The van der Waals surface area contributed by atoms with Crippen LogP contribution in [0.15, 0.2) is 30.3 Å². The average molecular weight is 459 g/mol. The highest BCUT2D eigenvalue weighted by molar-refractivity contribution is 6.32. The predicted octanol–water partition coefficient (Wildman–Crippen LogP) is 3.43. The van der Waals surface area contributed by atoms with Crippen molar-refractivity contribution in [3.05, 3.63) is 63.2 Å². The van der Waals surface area contributed by atoms with Crippen molar-refractivity contribution in [2.75, 3.05) is 13.2 Å². The van der Waals surface area contributed by atoms with Crippen molar-refractivity contribution in [3.8, 4) is 5.75 Å². The lowest BCUT2D eigenvalue weighted by atomic mass is 9.90. The summed E-state index contributed by atoms with van der Waals surface area (Å²) in [4.78, 5) is 0. The highest BCUT2D eigenvalue weighted by Gasteiger charge is 2.39. The van der Waals surface area contributed by atoms with Crippen LogP contribution < -0.4 is 4.74 Å². The third kappa shape index (κ3) is 4.40. The quantitative estimate of drug-likeness (QED) is 0.654. The van der Waals surface area contributed by atoms with E-state index in [1.54, 1.807) is 6.07 Å². The molecule has 5 nitrogen and oxygen atoms in total. The molecule has 168 valence electrons. The van der Waals surface area contributed by atoms with Crippen LogP contribution in [-0.2, 0) is 23.8 Å². The third-order valence-corrected chi connectivity index (χ3v) is 6.25. The van der Waals surface area contributed by atoms with Crippen molar-refractivity contribution in [1.29, 1.82) is 0 Å². The van der Waals surface area contributed by atoms with E-state index in [4.69, 9.17) is 21.1 Å². The Morgan fingerprint density at radius 2 is 1.84 bits per heavy atom. The zero-order valence-electron chi connectivity index (χ0n) is 16.4. The van der Waals surface area contributed by atoms with E-state index < -0.39 is 42.8 Å². The molecule has 1 saturated heterocycles. The summed E-state index contributed by atoms with van der Waals surface area (Å²) in [6.45, 7) is -0.0309. The number of hydrogen-bond acceptors (Lipinski definition) is 5. The fraction of sp³-hybridized carbons (Fsp3) is 0.455. The van der Waals surface area contributed by atoms with Crippen LogP contribution >= 0.6 is 11.6 Å². The molecule has 2 aromatic rings. The molecule has 1 fully saturated rings. The largest absolute Gasteiger partial charge is 0.493 e. The maximum atomic E-state index is 12.8. The van der Waals surface area contributed by atoms with Crippen LogP contribution in [0.3, 0.4) is 0 Å². The molecule has 4 atom stereocenters.